The number of carbonyl (C=O) groups excluding carboxylic acids is 1. The summed E-state index contributed by atoms with van der Waals surface area (Å²) in [6, 6.07) is 15.7. The molecule has 7 nitrogen and oxygen atoms in total. The van der Waals surface area contributed by atoms with Crippen molar-refractivity contribution in [2.75, 3.05) is 37.7 Å². The molecule has 0 spiro atoms. The Balaban J connectivity index is 1.18. The highest BCUT2D eigenvalue weighted by molar-refractivity contribution is 5.94. The van der Waals surface area contributed by atoms with Crippen molar-refractivity contribution in [3.63, 3.8) is 0 Å². The minimum Gasteiger partial charge on any atom is -0.494 e. The third-order valence-electron chi connectivity index (χ3n) is 6.37. The minimum atomic E-state index is 0.0717. The van der Waals surface area contributed by atoms with Gasteiger partial charge in [0.2, 0.25) is 11.7 Å². The summed E-state index contributed by atoms with van der Waals surface area (Å²) < 4.78 is 10.9. The number of amides is 1. The Labute approximate surface area is 188 Å². The number of benzene rings is 2. The van der Waals surface area contributed by atoms with Gasteiger partial charge in [0.1, 0.15) is 5.75 Å². The lowest BCUT2D eigenvalue weighted by Gasteiger charge is -2.36. The quantitative estimate of drug-likeness (QED) is 0.576. The zero-order valence-corrected chi connectivity index (χ0v) is 18.4. The molecule has 32 heavy (non-hydrogen) atoms. The van der Waals surface area contributed by atoms with Gasteiger partial charge in [0, 0.05) is 48.9 Å². The molecule has 0 atom stereocenters. The van der Waals surface area contributed by atoms with E-state index in [0.717, 1.165) is 48.8 Å². The molecule has 2 aromatic carbocycles. The maximum Gasteiger partial charge on any atom is 0.253 e. The van der Waals surface area contributed by atoms with Gasteiger partial charge in [-0.1, -0.05) is 11.6 Å². The average Bonchev–Trinajstić information content (AvgIpc) is 3.28. The van der Waals surface area contributed by atoms with Crippen molar-refractivity contribution in [2.24, 2.45) is 0 Å². The number of hydrogen-bond acceptors (Lipinski definition) is 6. The molecule has 1 aliphatic carbocycles. The third-order valence-corrected chi connectivity index (χ3v) is 6.37. The first-order chi connectivity index (χ1) is 15.7. The van der Waals surface area contributed by atoms with Crippen LogP contribution in [0.4, 0.5) is 5.69 Å². The number of hydrogen-bond donors (Lipinski definition) is 0. The molecule has 166 valence electrons. The monoisotopic (exact) mass is 432 g/mol. The molecule has 7 heteroatoms. The lowest BCUT2D eigenvalue weighted by Crippen LogP contribution is -2.48. The van der Waals surface area contributed by atoms with Crippen molar-refractivity contribution >= 4 is 11.6 Å². The Hall–Kier alpha value is -3.35. The first-order valence-corrected chi connectivity index (χ1v) is 11.4. The van der Waals surface area contributed by atoms with Crippen LogP contribution in [0.25, 0.3) is 11.4 Å². The fraction of sp³-hybridized carbons (Fsp3) is 0.400. The second-order valence-electron chi connectivity index (χ2n) is 8.37. The maximum atomic E-state index is 12.8. The highest BCUT2D eigenvalue weighted by Crippen LogP contribution is 2.36. The summed E-state index contributed by atoms with van der Waals surface area (Å²) in [5, 5.41) is 4.15. The highest BCUT2D eigenvalue weighted by atomic mass is 16.5. The summed E-state index contributed by atoms with van der Waals surface area (Å²) >= 11 is 0. The van der Waals surface area contributed by atoms with Crippen LogP contribution in [-0.4, -0.2) is 53.7 Å². The molecule has 0 radical (unpaired) electrons. The Bertz CT molecular complexity index is 1050. The van der Waals surface area contributed by atoms with Gasteiger partial charge in [-0.2, -0.15) is 4.98 Å². The van der Waals surface area contributed by atoms with Crippen LogP contribution in [0, 0.1) is 0 Å². The zero-order chi connectivity index (χ0) is 21.9. The van der Waals surface area contributed by atoms with E-state index in [4.69, 9.17) is 9.26 Å². The topological polar surface area (TPSA) is 71.7 Å². The summed E-state index contributed by atoms with van der Waals surface area (Å²) in [4.78, 5) is 21.6. The van der Waals surface area contributed by atoms with Crippen LogP contribution in [0.1, 0.15) is 48.4 Å². The molecule has 1 aliphatic heterocycles. The summed E-state index contributed by atoms with van der Waals surface area (Å²) in [5.41, 5.74) is 2.81. The molecule has 0 unspecified atom stereocenters. The van der Waals surface area contributed by atoms with Crippen LogP contribution in [0.2, 0.25) is 0 Å². The van der Waals surface area contributed by atoms with E-state index in [2.05, 4.69) is 27.2 Å². The van der Waals surface area contributed by atoms with Crippen LogP contribution in [0.15, 0.2) is 53.1 Å². The van der Waals surface area contributed by atoms with Crippen molar-refractivity contribution in [2.45, 2.75) is 32.1 Å². The van der Waals surface area contributed by atoms with Gasteiger partial charge in [-0.25, -0.2) is 0 Å². The second kappa shape index (κ2) is 9.02. The summed E-state index contributed by atoms with van der Waals surface area (Å²) in [6.07, 6.45) is 3.54. The maximum absolute atomic E-state index is 12.8. The molecule has 0 N–H and O–H groups in total. The molecule has 1 aromatic heterocycles. The first-order valence-electron chi connectivity index (χ1n) is 11.4. The van der Waals surface area contributed by atoms with Gasteiger partial charge in [0.15, 0.2) is 0 Å². The highest BCUT2D eigenvalue weighted by Gasteiger charge is 2.26. The van der Waals surface area contributed by atoms with Gasteiger partial charge < -0.3 is 19.1 Å². The van der Waals surface area contributed by atoms with Gasteiger partial charge >= 0.3 is 0 Å². The fourth-order valence-corrected chi connectivity index (χ4v) is 4.21. The SMILES string of the molecule is CCOc1ccc(C(=O)N2CCN(c3ccc(-c4noc(C5CCC5)n4)cc3)CC2)cc1. The van der Waals surface area contributed by atoms with E-state index >= 15 is 0 Å². The molecule has 0 bridgehead atoms. The lowest BCUT2D eigenvalue weighted by atomic mass is 9.85. The molecule has 2 fully saturated rings. The van der Waals surface area contributed by atoms with Crippen molar-refractivity contribution in [1.29, 1.82) is 0 Å². The van der Waals surface area contributed by atoms with Gasteiger partial charge in [0.25, 0.3) is 5.91 Å². The standard InChI is InChI=1S/C25H28N4O3/c1-2-31-22-12-8-20(9-13-22)25(30)29-16-14-28(15-17-29)21-10-6-18(7-11-21)23-26-24(32-27-23)19-4-3-5-19/h6-13,19H,2-5,14-17H2,1H3. The smallest absolute Gasteiger partial charge is 0.253 e. The summed E-state index contributed by atoms with van der Waals surface area (Å²) in [6.45, 7) is 5.56. The number of anilines is 1. The molecule has 2 heterocycles. The molecule has 1 saturated heterocycles. The molecular formula is C25H28N4O3. The number of nitrogens with zero attached hydrogens (tertiary/aromatic N) is 4. The largest absolute Gasteiger partial charge is 0.494 e. The number of piperazine rings is 1. The van der Waals surface area contributed by atoms with Crippen molar-refractivity contribution in [3.05, 3.63) is 60.0 Å². The van der Waals surface area contributed by atoms with E-state index < -0.39 is 0 Å². The van der Waals surface area contributed by atoms with Crippen LogP contribution < -0.4 is 9.64 Å². The molecular weight excluding hydrogens is 404 g/mol. The van der Waals surface area contributed by atoms with E-state index in [1.165, 1.54) is 6.42 Å². The van der Waals surface area contributed by atoms with Gasteiger partial charge in [-0.05, 0) is 68.3 Å². The van der Waals surface area contributed by atoms with Gasteiger partial charge in [0.05, 0.1) is 6.61 Å². The Morgan fingerprint density at radius 3 is 2.38 bits per heavy atom. The number of rotatable bonds is 6. The Morgan fingerprint density at radius 2 is 1.75 bits per heavy atom. The third kappa shape index (κ3) is 4.20. The molecule has 1 amide bonds. The lowest BCUT2D eigenvalue weighted by molar-refractivity contribution is 0.0746. The predicted octanol–water partition coefficient (Wildman–Crippen LogP) is 4.37. The van der Waals surface area contributed by atoms with Crippen LogP contribution >= 0.6 is 0 Å². The van der Waals surface area contributed by atoms with E-state index in [9.17, 15) is 4.79 Å². The first kappa shape index (κ1) is 20.5. The Kier molecular flexibility index (Phi) is 5.79. The number of ether oxygens (including phenoxy) is 1. The van der Waals surface area contributed by atoms with Crippen LogP contribution in [-0.2, 0) is 0 Å². The van der Waals surface area contributed by atoms with Gasteiger partial charge in [-0.3, -0.25) is 4.79 Å². The van der Waals surface area contributed by atoms with E-state index in [1.54, 1.807) is 0 Å². The molecule has 2 aliphatic rings. The molecule has 5 rings (SSSR count). The van der Waals surface area contributed by atoms with Crippen molar-refractivity contribution < 1.29 is 14.1 Å². The summed E-state index contributed by atoms with van der Waals surface area (Å²) in [5.74, 6) is 2.73. The van der Waals surface area contributed by atoms with Crippen molar-refractivity contribution in [1.82, 2.24) is 15.0 Å². The fourth-order valence-electron chi connectivity index (χ4n) is 4.21. The average molecular weight is 433 g/mol. The normalized spacial score (nSPS) is 16.7. The minimum absolute atomic E-state index is 0.0717. The molecule has 1 saturated carbocycles. The predicted molar refractivity (Wildman–Crippen MR) is 122 cm³/mol. The number of carbonyl (C=O) groups is 1. The van der Waals surface area contributed by atoms with E-state index in [0.29, 0.717) is 37.0 Å². The van der Waals surface area contributed by atoms with Crippen molar-refractivity contribution in [3.8, 4) is 17.1 Å². The number of aromatic nitrogens is 2. The summed E-state index contributed by atoms with van der Waals surface area (Å²) in [7, 11) is 0. The molecule has 3 aromatic rings. The second-order valence-corrected chi connectivity index (χ2v) is 8.37. The van der Waals surface area contributed by atoms with E-state index in [-0.39, 0.29) is 5.91 Å². The zero-order valence-electron chi connectivity index (χ0n) is 18.4. The Morgan fingerprint density at radius 1 is 1.03 bits per heavy atom. The van der Waals surface area contributed by atoms with Crippen LogP contribution in [0.5, 0.6) is 5.75 Å². The van der Waals surface area contributed by atoms with Gasteiger partial charge in [-0.15, -0.1) is 0 Å². The van der Waals surface area contributed by atoms with Crippen LogP contribution in [0.3, 0.4) is 0 Å². The van der Waals surface area contributed by atoms with E-state index in [1.807, 2.05) is 48.2 Å².